The van der Waals surface area contributed by atoms with Crippen molar-refractivity contribution >= 4 is 35.2 Å². The fourth-order valence-electron chi connectivity index (χ4n) is 4.69. The van der Waals surface area contributed by atoms with E-state index in [4.69, 9.17) is 11.6 Å². The Kier molecular flexibility index (Phi) is 7.52. The number of para-hydroxylation sites is 1. The van der Waals surface area contributed by atoms with E-state index in [2.05, 4.69) is 41.1 Å². The zero-order valence-corrected chi connectivity index (χ0v) is 22.7. The number of H-pyrrole nitrogens is 1. The summed E-state index contributed by atoms with van der Waals surface area (Å²) in [6, 6.07) is 14.7. The molecule has 42 heavy (non-hydrogen) atoms. The quantitative estimate of drug-likeness (QED) is 0.269. The zero-order valence-electron chi connectivity index (χ0n) is 22.0. The van der Waals surface area contributed by atoms with Gasteiger partial charge in [-0.3, -0.25) is 14.6 Å². The fraction of sp³-hybridized carbons (Fsp3) is 0.138. The lowest BCUT2D eigenvalue weighted by atomic mass is 10.1. The van der Waals surface area contributed by atoms with Crippen molar-refractivity contribution in [3.63, 3.8) is 0 Å². The van der Waals surface area contributed by atoms with Gasteiger partial charge in [-0.25, -0.2) is 9.37 Å². The lowest BCUT2D eigenvalue weighted by molar-refractivity contribution is -0.117. The van der Waals surface area contributed by atoms with E-state index in [9.17, 15) is 14.0 Å². The van der Waals surface area contributed by atoms with Crippen molar-refractivity contribution in [2.75, 3.05) is 5.32 Å². The number of amides is 2. The smallest absolute Gasteiger partial charge is 0.244 e. The molecular weight excluding hydrogens is 561 g/mol. The molecule has 2 aromatic carbocycles. The number of imidazole rings is 1. The number of hydrogen-bond acceptors (Lipinski definition) is 7. The number of aromatic amines is 1. The number of aryl methyl sites for hydroxylation is 1. The van der Waals surface area contributed by atoms with Gasteiger partial charge in [0.05, 0.1) is 35.0 Å². The van der Waals surface area contributed by atoms with Crippen LogP contribution in [0.4, 0.5) is 10.1 Å². The molecule has 4 heterocycles. The van der Waals surface area contributed by atoms with Gasteiger partial charge in [0.25, 0.3) is 0 Å². The third-order valence-corrected chi connectivity index (χ3v) is 6.95. The van der Waals surface area contributed by atoms with Crippen LogP contribution in [0.15, 0.2) is 73.2 Å². The number of anilines is 1. The molecule has 0 radical (unpaired) electrons. The third kappa shape index (κ3) is 5.93. The van der Waals surface area contributed by atoms with Crippen LogP contribution in [0.25, 0.3) is 23.0 Å². The maximum Gasteiger partial charge on any atom is 0.244 e. The summed E-state index contributed by atoms with van der Waals surface area (Å²) >= 11 is 6.21. The van der Waals surface area contributed by atoms with Crippen LogP contribution in [0.1, 0.15) is 35.2 Å². The monoisotopic (exact) mass is 583 g/mol. The minimum absolute atomic E-state index is 0.0526. The van der Waals surface area contributed by atoms with Gasteiger partial charge in [-0.15, -0.1) is 5.10 Å². The highest BCUT2D eigenvalue weighted by atomic mass is 35.5. The minimum Gasteiger partial charge on any atom is -0.342 e. The normalized spacial score (nSPS) is 15.1. The first-order valence-electron chi connectivity index (χ1n) is 13.0. The molecule has 0 saturated carbocycles. The molecule has 2 amide bonds. The predicted molar refractivity (Wildman–Crippen MR) is 153 cm³/mol. The molecule has 3 aromatic heterocycles. The second kappa shape index (κ2) is 11.7. The molecule has 13 heteroatoms. The molecule has 11 nitrogen and oxygen atoms in total. The lowest BCUT2D eigenvalue weighted by Crippen LogP contribution is -2.29. The highest BCUT2D eigenvalue weighted by molar-refractivity contribution is 6.30. The number of carbonyl (C=O) groups is 2. The number of aromatic nitrogens is 7. The van der Waals surface area contributed by atoms with E-state index in [0.717, 1.165) is 5.56 Å². The first-order valence-corrected chi connectivity index (χ1v) is 13.4. The SMILES string of the molecule is O=C(/C=C/c1cc(Cl)ccc1-n1cnnn1)NC1Cc2ccc(F)c(n2)CCC(=O)Nc2ccccc2-c2cnc1[nH]2. The van der Waals surface area contributed by atoms with Crippen LogP contribution in [0.3, 0.4) is 0 Å². The number of nitrogens with zero attached hydrogens (tertiary/aromatic N) is 6. The first kappa shape index (κ1) is 27.0. The Bertz CT molecular complexity index is 1800. The van der Waals surface area contributed by atoms with Crippen molar-refractivity contribution in [3.05, 3.63) is 107 Å². The summed E-state index contributed by atoms with van der Waals surface area (Å²) < 4.78 is 16.1. The van der Waals surface area contributed by atoms with Crippen molar-refractivity contribution in [1.82, 2.24) is 40.5 Å². The van der Waals surface area contributed by atoms with Gasteiger partial charge < -0.3 is 15.6 Å². The van der Waals surface area contributed by atoms with E-state index in [1.54, 1.807) is 42.6 Å². The summed E-state index contributed by atoms with van der Waals surface area (Å²) in [5, 5.41) is 17.6. The molecule has 3 N–H and O–H groups in total. The van der Waals surface area contributed by atoms with Crippen LogP contribution in [-0.4, -0.2) is 47.0 Å². The number of hydrogen-bond donors (Lipinski definition) is 3. The topological polar surface area (TPSA) is 143 Å². The van der Waals surface area contributed by atoms with Crippen molar-refractivity contribution in [2.24, 2.45) is 0 Å². The van der Waals surface area contributed by atoms with Crippen LogP contribution >= 0.6 is 11.6 Å². The maximum atomic E-state index is 14.6. The van der Waals surface area contributed by atoms with E-state index < -0.39 is 17.8 Å². The summed E-state index contributed by atoms with van der Waals surface area (Å²) in [5.41, 5.74) is 3.94. The number of tetrazole rings is 1. The Morgan fingerprint density at radius 3 is 2.88 bits per heavy atom. The molecule has 1 atom stereocenters. The molecule has 0 saturated heterocycles. The van der Waals surface area contributed by atoms with Crippen LogP contribution in [-0.2, 0) is 22.4 Å². The van der Waals surface area contributed by atoms with E-state index in [1.165, 1.54) is 23.2 Å². The van der Waals surface area contributed by atoms with Gasteiger partial charge in [0.2, 0.25) is 11.8 Å². The summed E-state index contributed by atoms with van der Waals surface area (Å²) in [6.45, 7) is 0. The van der Waals surface area contributed by atoms with Gasteiger partial charge in [-0.05, 0) is 52.9 Å². The number of carbonyl (C=O) groups excluding carboxylic acids is 2. The third-order valence-electron chi connectivity index (χ3n) is 6.71. The molecular formula is C29H23ClFN9O2. The number of pyridine rings is 1. The minimum atomic E-state index is -0.634. The number of halogens is 2. The highest BCUT2D eigenvalue weighted by Crippen LogP contribution is 2.29. The van der Waals surface area contributed by atoms with Crippen LogP contribution < -0.4 is 10.6 Å². The summed E-state index contributed by atoms with van der Waals surface area (Å²) in [4.78, 5) is 38.2. The lowest BCUT2D eigenvalue weighted by Gasteiger charge is -2.17. The Morgan fingerprint density at radius 1 is 1.14 bits per heavy atom. The molecule has 0 fully saturated rings. The number of benzene rings is 2. The number of nitrogens with one attached hydrogen (secondary N) is 3. The Labute approximate surface area is 243 Å². The number of fused-ring (bicyclic) bond motifs is 6. The molecule has 4 bridgehead atoms. The molecule has 6 rings (SSSR count). The van der Waals surface area contributed by atoms with E-state index in [0.29, 0.717) is 39.2 Å². The Hall–Kier alpha value is -5.23. The zero-order chi connectivity index (χ0) is 29.1. The Morgan fingerprint density at radius 2 is 2.02 bits per heavy atom. The van der Waals surface area contributed by atoms with E-state index >= 15 is 0 Å². The van der Waals surface area contributed by atoms with Gasteiger partial charge in [0.15, 0.2) is 0 Å². The fourth-order valence-corrected chi connectivity index (χ4v) is 4.87. The van der Waals surface area contributed by atoms with Gasteiger partial charge >= 0.3 is 0 Å². The summed E-state index contributed by atoms with van der Waals surface area (Å²) in [7, 11) is 0. The van der Waals surface area contributed by atoms with Crippen molar-refractivity contribution < 1.29 is 14.0 Å². The van der Waals surface area contributed by atoms with E-state index in [-0.39, 0.29) is 30.9 Å². The molecule has 0 spiro atoms. The van der Waals surface area contributed by atoms with Crippen molar-refractivity contribution in [2.45, 2.75) is 25.3 Å². The molecule has 1 aliphatic rings. The van der Waals surface area contributed by atoms with E-state index in [1.807, 2.05) is 18.2 Å². The molecule has 1 unspecified atom stereocenters. The largest absolute Gasteiger partial charge is 0.342 e. The highest BCUT2D eigenvalue weighted by Gasteiger charge is 2.22. The molecule has 0 aliphatic carbocycles. The Balaban J connectivity index is 1.33. The standard InChI is InChI=1S/C29H23ClFN9O2/c30-18-6-10-26(40-16-33-38-39-40)17(13-18)5-11-27(41)36-24-14-19-7-8-21(31)23(34-19)9-12-28(42)35-22-4-2-1-3-20(22)25-15-32-29(24)37-25/h1-8,10-11,13,15-16,24H,9,12,14H2,(H,32,37)(H,35,42)(H,36,41)/b11-5+. The van der Waals surface area contributed by atoms with Crippen LogP contribution in [0.2, 0.25) is 5.02 Å². The van der Waals surface area contributed by atoms with Gasteiger partial charge in [0.1, 0.15) is 18.0 Å². The number of rotatable bonds is 4. The molecule has 210 valence electrons. The van der Waals surface area contributed by atoms with Crippen molar-refractivity contribution in [3.8, 4) is 16.9 Å². The first-order chi connectivity index (χ1) is 20.4. The predicted octanol–water partition coefficient (Wildman–Crippen LogP) is 4.24. The summed E-state index contributed by atoms with van der Waals surface area (Å²) in [6.07, 6.45) is 6.47. The van der Waals surface area contributed by atoms with Gasteiger partial charge in [-0.2, -0.15) is 4.68 Å². The summed E-state index contributed by atoms with van der Waals surface area (Å²) in [5.74, 6) is -0.695. The second-order valence-corrected chi connectivity index (χ2v) is 10.00. The average molecular weight is 584 g/mol. The molecule has 5 aromatic rings. The van der Waals surface area contributed by atoms with Crippen LogP contribution in [0, 0.1) is 5.82 Å². The van der Waals surface area contributed by atoms with Gasteiger partial charge in [-0.1, -0.05) is 29.8 Å². The second-order valence-electron chi connectivity index (χ2n) is 9.56. The van der Waals surface area contributed by atoms with Crippen LogP contribution in [0.5, 0.6) is 0 Å². The van der Waals surface area contributed by atoms with Crippen molar-refractivity contribution in [1.29, 1.82) is 0 Å². The molecule has 1 aliphatic heterocycles. The van der Waals surface area contributed by atoms with Gasteiger partial charge in [0, 0.05) is 47.2 Å². The average Bonchev–Trinajstić information content (AvgIpc) is 3.69. The maximum absolute atomic E-state index is 14.6.